The van der Waals surface area contributed by atoms with Crippen LogP contribution in [-0.2, 0) is 5.75 Å². The normalized spacial score (nSPS) is 10.4. The average molecular weight is 236 g/mol. The molecule has 0 saturated heterocycles. The van der Waals surface area contributed by atoms with E-state index in [-0.39, 0.29) is 0 Å². The summed E-state index contributed by atoms with van der Waals surface area (Å²) in [5.41, 5.74) is 1.17. The molecule has 0 bridgehead atoms. The maximum atomic E-state index is 5.27. The van der Waals surface area contributed by atoms with Crippen molar-refractivity contribution in [1.82, 2.24) is 15.2 Å². The number of rotatable bonds is 4. The highest BCUT2D eigenvalue weighted by atomic mass is 32.2. The lowest BCUT2D eigenvalue weighted by atomic mass is 10.3. The summed E-state index contributed by atoms with van der Waals surface area (Å²) in [6.07, 6.45) is 1.78. The standard InChI is InChI=1S/C10H12N4OS/c1-7-13-14-10(15-7)16-6-8-3-4-12-9(5-8)11-2/h3-5H,6H2,1-2H3,(H,11,12). The van der Waals surface area contributed by atoms with E-state index in [1.54, 1.807) is 13.1 Å². The van der Waals surface area contributed by atoms with Gasteiger partial charge in [0, 0.05) is 25.9 Å². The average Bonchev–Trinajstić information content (AvgIpc) is 2.73. The van der Waals surface area contributed by atoms with Crippen LogP contribution in [0.2, 0.25) is 0 Å². The van der Waals surface area contributed by atoms with Gasteiger partial charge in [-0.1, -0.05) is 11.8 Å². The first-order chi connectivity index (χ1) is 7.78. The molecule has 0 aliphatic carbocycles. The molecule has 0 aliphatic rings. The van der Waals surface area contributed by atoms with Crippen molar-refractivity contribution in [2.75, 3.05) is 12.4 Å². The molecule has 0 amide bonds. The summed E-state index contributed by atoms with van der Waals surface area (Å²) in [7, 11) is 1.85. The Morgan fingerprint density at radius 2 is 2.31 bits per heavy atom. The Kier molecular flexibility index (Phi) is 3.40. The molecular formula is C10H12N4OS. The maximum absolute atomic E-state index is 5.27. The number of hydrogen-bond donors (Lipinski definition) is 1. The molecule has 0 fully saturated rings. The monoisotopic (exact) mass is 236 g/mol. The van der Waals surface area contributed by atoms with E-state index < -0.39 is 0 Å². The van der Waals surface area contributed by atoms with E-state index >= 15 is 0 Å². The molecule has 0 unspecified atom stereocenters. The first-order valence-corrected chi connectivity index (χ1v) is 5.82. The fourth-order valence-electron chi connectivity index (χ4n) is 1.18. The van der Waals surface area contributed by atoms with Gasteiger partial charge in [0.2, 0.25) is 5.89 Å². The van der Waals surface area contributed by atoms with E-state index in [9.17, 15) is 0 Å². The van der Waals surface area contributed by atoms with Crippen LogP contribution in [0.15, 0.2) is 28.0 Å². The van der Waals surface area contributed by atoms with Crippen LogP contribution >= 0.6 is 11.8 Å². The third-order valence-electron chi connectivity index (χ3n) is 1.95. The van der Waals surface area contributed by atoms with Crippen molar-refractivity contribution >= 4 is 17.6 Å². The predicted octanol–water partition coefficient (Wildman–Crippen LogP) is 2.11. The molecule has 2 aromatic heterocycles. The Morgan fingerprint density at radius 1 is 1.44 bits per heavy atom. The zero-order valence-corrected chi connectivity index (χ0v) is 9.91. The SMILES string of the molecule is CNc1cc(CSc2nnc(C)o2)ccn1. The summed E-state index contributed by atoms with van der Waals surface area (Å²) in [5.74, 6) is 2.24. The second kappa shape index (κ2) is 4.98. The Bertz CT molecular complexity index is 471. The minimum absolute atomic E-state index is 0.591. The largest absolute Gasteiger partial charge is 0.416 e. The minimum Gasteiger partial charge on any atom is -0.416 e. The zero-order chi connectivity index (χ0) is 11.4. The number of hydrogen-bond acceptors (Lipinski definition) is 6. The van der Waals surface area contributed by atoms with Gasteiger partial charge in [0.15, 0.2) is 0 Å². The van der Waals surface area contributed by atoms with Crippen molar-refractivity contribution in [3.05, 3.63) is 29.8 Å². The van der Waals surface area contributed by atoms with Crippen molar-refractivity contribution in [2.45, 2.75) is 17.9 Å². The summed E-state index contributed by atoms with van der Waals surface area (Å²) in [5, 5.41) is 11.3. The fraction of sp³-hybridized carbons (Fsp3) is 0.300. The first kappa shape index (κ1) is 10.9. The number of anilines is 1. The number of nitrogens with zero attached hydrogens (tertiary/aromatic N) is 3. The minimum atomic E-state index is 0.591. The van der Waals surface area contributed by atoms with Gasteiger partial charge >= 0.3 is 0 Å². The highest BCUT2D eigenvalue weighted by Crippen LogP contribution is 2.21. The second-order valence-corrected chi connectivity index (χ2v) is 4.10. The second-order valence-electron chi connectivity index (χ2n) is 3.17. The summed E-state index contributed by atoms with van der Waals surface area (Å²) in [4.78, 5) is 4.15. The van der Waals surface area contributed by atoms with Crippen LogP contribution in [0.25, 0.3) is 0 Å². The lowest BCUT2D eigenvalue weighted by Gasteiger charge is -2.01. The molecule has 1 N–H and O–H groups in total. The molecule has 0 radical (unpaired) electrons. The van der Waals surface area contributed by atoms with Gasteiger partial charge in [0.05, 0.1) is 0 Å². The van der Waals surface area contributed by atoms with E-state index in [1.165, 1.54) is 17.3 Å². The number of pyridine rings is 1. The number of thioether (sulfide) groups is 1. The molecule has 2 heterocycles. The molecule has 0 saturated carbocycles. The van der Waals surface area contributed by atoms with Crippen molar-refractivity contribution < 1.29 is 4.42 Å². The quantitative estimate of drug-likeness (QED) is 0.820. The van der Waals surface area contributed by atoms with E-state index in [4.69, 9.17) is 4.42 Å². The van der Waals surface area contributed by atoms with E-state index in [2.05, 4.69) is 20.5 Å². The number of aryl methyl sites for hydroxylation is 1. The Labute approximate surface area is 97.7 Å². The third-order valence-corrected chi connectivity index (χ3v) is 2.84. The smallest absolute Gasteiger partial charge is 0.276 e. The van der Waals surface area contributed by atoms with E-state index in [0.29, 0.717) is 11.1 Å². The first-order valence-electron chi connectivity index (χ1n) is 4.83. The van der Waals surface area contributed by atoms with Crippen molar-refractivity contribution in [3.8, 4) is 0 Å². The van der Waals surface area contributed by atoms with Crippen molar-refractivity contribution in [2.24, 2.45) is 0 Å². The summed E-state index contributed by atoms with van der Waals surface area (Å²) in [6.45, 7) is 1.78. The molecule has 0 atom stereocenters. The molecule has 0 aromatic carbocycles. The Hall–Kier alpha value is -1.56. The molecule has 16 heavy (non-hydrogen) atoms. The van der Waals surface area contributed by atoms with E-state index in [0.717, 1.165) is 11.6 Å². The van der Waals surface area contributed by atoms with Crippen LogP contribution < -0.4 is 5.32 Å². The molecule has 0 aliphatic heterocycles. The molecule has 5 nitrogen and oxygen atoms in total. The maximum Gasteiger partial charge on any atom is 0.276 e. The van der Waals surface area contributed by atoms with Gasteiger partial charge in [-0.05, 0) is 17.7 Å². The van der Waals surface area contributed by atoms with Gasteiger partial charge in [0.25, 0.3) is 5.22 Å². The molecule has 6 heteroatoms. The van der Waals surface area contributed by atoms with E-state index in [1.807, 2.05) is 19.2 Å². The third kappa shape index (κ3) is 2.73. The van der Waals surface area contributed by atoms with Gasteiger partial charge in [-0.2, -0.15) is 0 Å². The van der Waals surface area contributed by atoms with Gasteiger partial charge in [0.1, 0.15) is 5.82 Å². The lowest BCUT2D eigenvalue weighted by Crippen LogP contribution is -1.92. The van der Waals surface area contributed by atoms with Crippen molar-refractivity contribution in [3.63, 3.8) is 0 Å². The van der Waals surface area contributed by atoms with Gasteiger partial charge < -0.3 is 9.73 Å². The molecular weight excluding hydrogens is 224 g/mol. The molecule has 2 aromatic rings. The Balaban J connectivity index is 1.99. The van der Waals surface area contributed by atoms with Gasteiger partial charge in [-0.3, -0.25) is 0 Å². The van der Waals surface area contributed by atoms with Gasteiger partial charge in [-0.15, -0.1) is 10.2 Å². The highest BCUT2D eigenvalue weighted by molar-refractivity contribution is 7.98. The van der Waals surface area contributed by atoms with Crippen LogP contribution in [0.3, 0.4) is 0 Å². The Morgan fingerprint density at radius 3 is 3.00 bits per heavy atom. The summed E-state index contributed by atoms with van der Waals surface area (Å²) >= 11 is 1.52. The van der Waals surface area contributed by atoms with Crippen LogP contribution in [0.1, 0.15) is 11.5 Å². The van der Waals surface area contributed by atoms with Crippen LogP contribution in [-0.4, -0.2) is 22.2 Å². The topological polar surface area (TPSA) is 63.8 Å². The summed E-state index contributed by atoms with van der Waals surface area (Å²) < 4.78 is 5.27. The van der Waals surface area contributed by atoms with Crippen molar-refractivity contribution in [1.29, 1.82) is 0 Å². The summed E-state index contributed by atoms with van der Waals surface area (Å²) in [6, 6.07) is 3.97. The fourth-order valence-corrected chi connectivity index (χ4v) is 1.93. The highest BCUT2D eigenvalue weighted by Gasteiger charge is 2.03. The zero-order valence-electron chi connectivity index (χ0n) is 9.10. The van der Waals surface area contributed by atoms with Crippen LogP contribution in [0, 0.1) is 6.92 Å². The molecule has 2 rings (SSSR count). The van der Waals surface area contributed by atoms with Crippen LogP contribution in [0.5, 0.6) is 0 Å². The predicted molar refractivity (Wildman–Crippen MR) is 62.4 cm³/mol. The lowest BCUT2D eigenvalue weighted by molar-refractivity contribution is 0.429. The number of nitrogens with one attached hydrogen (secondary N) is 1. The van der Waals surface area contributed by atoms with Gasteiger partial charge in [-0.25, -0.2) is 4.98 Å². The molecule has 84 valence electrons. The number of aromatic nitrogens is 3. The molecule has 0 spiro atoms. The van der Waals surface area contributed by atoms with Crippen LogP contribution in [0.4, 0.5) is 5.82 Å².